The van der Waals surface area contributed by atoms with Gasteiger partial charge >= 0.3 is 0 Å². The van der Waals surface area contributed by atoms with Gasteiger partial charge in [-0.3, -0.25) is 4.79 Å². The molecular formula is C18H17ClFNO2. The highest BCUT2D eigenvalue weighted by atomic mass is 35.5. The van der Waals surface area contributed by atoms with E-state index in [0.717, 1.165) is 22.4 Å². The van der Waals surface area contributed by atoms with Gasteiger partial charge in [-0.15, -0.1) is 0 Å². The Labute approximate surface area is 139 Å². The van der Waals surface area contributed by atoms with Gasteiger partial charge in [0, 0.05) is 11.8 Å². The number of carbonyl (C=O) groups excluding carboxylic acids is 1. The second kappa shape index (κ2) is 7.29. The Morgan fingerprint density at radius 2 is 1.87 bits per heavy atom. The summed E-state index contributed by atoms with van der Waals surface area (Å²) in [6.07, 6.45) is 3.17. The van der Waals surface area contributed by atoms with Crippen molar-refractivity contribution in [2.75, 3.05) is 12.4 Å². The van der Waals surface area contributed by atoms with Gasteiger partial charge in [0.15, 0.2) is 0 Å². The summed E-state index contributed by atoms with van der Waals surface area (Å²) >= 11 is 5.68. The van der Waals surface area contributed by atoms with Gasteiger partial charge in [0.2, 0.25) is 5.91 Å². The maximum Gasteiger partial charge on any atom is 0.248 e. The van der Waals surface area contributed by atoms with Crippen LogP contribution in [0.3, 0.4) is 0 Å². The first-order chi connectivity index (χ1) is 10.9. The van der Waals surface area contributed by atoms with Crippen LogP contribution in [0.4, 0.5) is 10.1 Å². The first kappa shape index (κ1) is 17.0. The number of rotatable bonds is 4. The zero-order chi connectivity index (χ0) is 17.0. The Bertz CT molecular complexity index is 749. The van der Waals surface area contributed by atoms with Crippen molar-refractivity contribution in [1.82, 2.24) is 0 Å². The van der Waals surface area contributed by atoms with Crippen LogP contribution in [0, 0.1) is 19.7 Å². The summed E-state index contributed by atoms with van der Waals surface area (Å²) in [5.74, 6) is -0.0606. The van der Waals surface area contributed by atoms with Crippen LogP contribution in [0.2, 0.25) is 5.02 Å². The molecule has 120 valence electrons. The Morgan fingerprint density at radius 3 is 2.43 bits per heavy atom. The molecule has 0 fully saturated rings. The largest absolute Gasteiger partial charge is 0.497 e. The van der Waals surface area contributed by atoms with Gasteiger partial charge in [0.25, 0.3) is 0 Å². The molecule has 0 aliphatic carbocycles. The zero-order valence-electron chi connectivity index (χ0n) is 13.1. The Balaban J connectivity index is 2.13. The molecule has 0 spiro atoms. The maximum absolute atomic E-state index is 13.1. The molecule has 1 amide bonds. The van der Waals surface area contributed by atoms with Crippen molar-refractivity contribution in [2.24, 2.45) is 0 Å². The van der Waals surface area contributed by atoms with Gasteiger partial charge in [-0.05, 0) is 66.9 Å². The smallest absolute Gasteiger partial charge is 0.248 e. The molecule has 0 saturated heterocycles. The van der Waals surface area contributed by atoms with Gasteiger partial charge < -0.3 is 10.1 Å². The van der Waals surface area contributed by atoms with E-state index in [1.165, 1.54) is 24.3 Å². The standard InChI is InChI=1S/C18H17ClFNO2/c1-11-8-14(23-3)9-12(2)15(11)5-7-18(22)21-13-4-6-17(20)16(19)10-13/h4-10H,1-3H3,(H,21,22)/b7-5+. The third-order valence-corrected chi connectivity index (χ3v) is 3.68. The second-order valence-corrected chi connectivity index (χ2v) is 5.53. The lowest BCUT2D eigenvalue weighted by molar-refractivity contribution is -0.111. The molecule has 0 aromatic heterocycles. The third kappa shape index (κ3) is 4.33. The van der Waals surface area contributed by atoms with Crippen LogP contribution in [0.1, 0.15) is 16.7 Å². The van der Waals surface area contributed by atoms with E-state index >= 15 is 0 Å². The topological polar surface area (TPSA) is 38.3 Å². The average Bonchev–Trinajstić information content (AvgIpc) is 2.50. The Hall–Kier alpha value is -2.33. The summed E-state index contributed by atoms with van der Waals surface area (Å²) < 4.78 is 18.3. The lowest BCUT2D eigenvalue weighted by Crippen LogP contribution is -2.07. The van der Waals surface area contributed by atoms with E-state index in [1.807, 2.05) is 26.0 Å². The molecule has 5 heteroatoms. The van der Waals surface area contributed by atoms with Crippen molar-refractivity contribution < 1.29 is 13.9 Å². The van der Waals surface area contributed by atoms with E-state index in [2.05, 4.69) is 5.32 Å². The number of aryl methyl sites for hydroxylation is 2. The third-order valence-electron chi connectivity index (χ3n) is 3.39. The molecule has 2 aromatic carbocycles. The van der Waals surface area contributed by atoms with Crippen LogP contribution in [0.25, 0.3) is 6.08 Å². The number of carbonyl (C=O) groups is 1. The molecule has 2 rings (SSSR count). The number of anilines is 1. The van der Waals surface area contributed by atoms with Gasteiger partial charge in [-0.25, -0.2) is 4.39 Å². The minimum absolute atomic E-state index is 0.0337. The summed E-state index contributed by atoms with van der Waals surface area (Å²) in [4.78, 5) is 12.0. The van der Waals surface area contributed by atoms with Crippen LogP contribution >= 0.6 is 11.6 Å². The number of halogens is 2. The fraction of sp³-hybridized carbons (Fsp3) is 0.167. The van der Waals surface area contributed by atoms with Crippen LogP contribution in [0.15, 0.2) is 36.4 Å². The highest BCUT2D eigenvalue weighted by molar-refractivity contribution is 6.31. The van der Waals surface area contributed by atoms with Crippen molar-refractivity contribution in [1.29, 1.82) is 0 Å². The van der Waals surface area contributed by atoms with Crippen LogP contribution in [-0.4, -0.2) is 13.0 Å². The van der Waals surface area contributed by atoms with Gasteiger partial charge in [0.05, 0.1) is 12.1 Å². The van der Waals surface area contributed by atoms with Crippen molar-refractivity contribution in [2.45, 2.75) is 13.8 Å². The molecule has 0 atom stereocenters. The number of amides is 1. The fourth-order valence-corrected chi connectivity index (χ4v) is 2.41. The number of methoxy groups -OCH3 is 1. The van der Waals surface area contributed by atoms with E-state index < -0.39 is 5.82 Å². The predicted octanol–water partition coefficient (Wildman–Crippen LogP) is 4.76. The summed E-state index contributed by atoms with van der Waals surface area (Å²) in [6, 6.07) is 7.84. The number of benzene rings is 2. The maximum atomic E-state index is 13.1. The number of hydrogen-bond acceptors (Lipinski definition) is 2. The Kier molecular flexibility index (Phi) is 5.40. The molecule has 3 nitrogen and oxygen atoms in total. The number of ether oxygens (including phenoxy) is 1. The monoisotopic (exact) mass is 333 g/mol. The molecule has 0 saturated carbocycles. The lowest BCUT2D eigenvalue weighted by Gasteiger charge is -2.09. The van der Waals surface area contributed by atoms with Crippen molar-refractivity contribution >= 4 is 29.3 Å². The summed E-state index contributed by atoms with van der Waals surface area (Å²) in [5.41, 5.74) is 3.42. The van der Waals surface area contributed by atoms with E-state index in [0.29, 0.717) is 5.69 Å². The highest BCUT2D eigenvalue weighted by Crippen LogP contribution is 2.23. The number of hydrogen-bond donors (Lipinski definition) is 1. The van der Waals surface area contributed by atoms with Crippen LogP contribution < -0.4 is 10.1 Å². The highest BCUT2D eigenvalue weighted by Gasteiger charge is 2.05. The molecule has 2 aromatic rings. The molecule has 0 radical (unpaired) electrons. The quantitative estimate of drug-likeness (QED) is 0.819. The molecule has 0 aliphatic rings. The van der Waals surface area contributed by atoms with E-state index in [4.69, 9.17) is 16.3 Å². The van der Waals surface area contributed by atoms with Crippen LogP contribution in [-0.2, 0) is 4.79 Å². The Morgan fingerprint density at radius 1 is 1.22 bits per heavy atom. The fourth-order valence-electron chi connectivity index (χ4n) is 2.23. The normalized spacial score (nSPS) is 10.8. The molecule has 0 heterocycles. The van der Waals surface area contributed by atoms with E-state index in [-0.39, 0.29) is 10.9 Å². The van der Waals surface area contributed by atoms with Crippen molar-refractivity contribution in [3.05, 3.63) is 63.9 Å². The summed E-state index contributed by atoms with van der Waals surface area (Å²) in [6.45, 7) is 3.90. The average molecular weight is 334 g/mol. The minimum Gasteiger partial charge on any atom is -0.497 e. The lowest BCUT2D eigenvalue weighted by atomic mass is 10.0. The van der Waals surface area contributed by atoms with Crippen LogP contribution in [0.5, 0.6) is 5.75 Å². The molecular weight excluding hydrogens is 317 g/mol. The zero-order valence-corrected chi connectivity index (χ0v) is 13.9. The van der Waals surface area contributed by atoms with Gasteiger partial charge in [-0.2, -0.15) is 0 Å². The molecule has 0 unspecified atom stereocenters. The molecule has 0 aliphatic heterocycles. The van der Waals surface area contributed by atoms with Gasteiger partial charge in [0.1, 0.15) is 11.6 Å². The summed E-state index contributed by atoms with van der Waals surface area (Å²) in [7, 11) is 1.62. The van der Waals surface area contributed by atoms with Crippen molar-refractivity contribution in [3.8, 4) is 5.75 Å². The second-order valence-electron chi connectivity index (χ2n) is 5.13. The number of nitrogens with one attached hydrogen (secondary N) is 1. The van der Waals surface area contributed by atoms with E-state index in [9.17, 15) is 9.18 Å². The first-order valence-electron chi connectivity index (χ1n) is 7.00. The van der Waals surface area contributed by atoms with Crippen molar-refractivity contribution in [3.63, 3.8) is 0 Å². The molecule has 0 bridgehead atoms. The minimum atomic E-state index is -0.523. The summed E-state index contributed by atoms with van der Waals surface area (Å²) in [5, 5.41) is 2.61. The SMILES string of the molecule is COc1cc(C)c(/C=C/C(=O)Nc2ccc(F)c(Cl)c2)c(C)c1. The van der Waals surface area contributed by atoms with Gasteiger partial charge in [-0.1, -0.05) is 11.6 Å². The molecule has 1 N–H and O–H groups in total. The first-order valence-corrected chi connectivity index (χ1v) is 7.38. The van der Waals surface area contributed by atoms with E-state index in [1.54, 1.807) is 13.2 Å². The molecule has 23 heavy (non-hydrogen) atoms. The predicted molar refractivity (Wildman–Crippen MR) is 91.5 cm³/mol.